The van der Waals surface area contributed by atoms with Crippen LogP contribution in [0.4, 0.5) is 0 Å². The predicted molar refractivity (Wildman–Crippen MR) is 56.1 cm³/mol. The number of hydrogen-bond donors (Lipinski definition) is 0. The minimum absolute atomic E-state index is 0.835. The summed E-state index contributed by atoms with van der Waals surface area (Å²) in [5.41, 5.74) is 0.985. The lowest BCUT2D eigenvalue weighted by molar-refractivity contribution is 0.460. The molecule has 68 valence electrons. The van der Waals surface area contributed by atoms with Crippen molar-refractivity contribution in [2.45, 2.75) is 26.2 Å². The lowest BCUT2D eigenvalue weighted by Gasteiger charge is -2.14. The van der Waals surface area contributed by atoms with Crippen molar-refractivity contribution in [3.8, 4) is 11.8 Å². The first-order valence-corrected chi connectivity index (χ1v) is 5.08. The van der Waals surface area contributed by atoms with Crippen LogP contribution in [0.15, 0.2) is 24.3 Å². The molecule has 13 heavy (non-hydrogen) atoms. The molecular formula is C13H16. The van der Waals surface area contributed by atoms with Crippen LogP contribution in [0, 0.1) is 29.6 Å². The summed E-state index contributed by atoms with van der Waals surface area (Å²) in [6.45, 7) is 5.75. The van der Waals surface area contributed by atoms with Crippen molar-refractivity contribution in [2.75, 3.05) is 0 Å². The highest BCUT2D eigenvalue weighted by atomic mass is 14.4. The van der Waals surface area contributed by atoms with Gasteiger partial charge in [-0.25, -0.2) is 0 Å². The molecule has 0 amide bonds. The summed E-state index contributed by atoms with van der Waals surface area (Å²) >= 11 is 0. The van der Waals surface area contributed by atoms with Crippen molar-refractivity contribution in [3.05, 3.63) is 24.3 Å². The van der Waals surface area contributed by atoms with Crippen molar-refractivity contribution in [1.82, 2.24) is 0 Å². The van der Waals surface area contributed by atoms with Crippen molar-refractivity contribution in [3.63, 3.8) is 0 Å². The first-order valence-electron chi connectivity index (χ1n) is 5.08. The standard InChI is InChI=1S/C13H16/c1-10(2)4-3-5-12-8-11-6-7-13(12)9-11/h6-7,11-13H,1,5,8-9H2,2H3/t11-,12-,13+/m1/s1. The van der Waals surface area contributed by atoms with E-state index in [-0.39, 0.29) is 0 Å². The van der Waals surface area contributed by atoms with Crippen molar-refractivity contribution < 1.29 is 0 Å². The fourth-order valence-corrected chi connectivity index (χ4v) is 2.46. The third-order valence-corrected chi connectivity index (χ3v) is 3.08. The molecule has 0 aliphatic heterocycles. The van der Waals surface area contributed by atoms with E-state index >= 15 is 0 Å². The molecule has 3 atom stereocenters. The molecule has 0 heteroatoms. The van der Waals surface area contributed by atoms with Gasteiger partial charge >= 0.3 is 0 Å². The van der Waals surface area contributed by atoms with Gasteiger partial charge in [0.25, 0.3) is 0 Å². The van der Waals surface area contributed by atoms with Crippen molar-refractivity contribution in [1.29, 1.82) is 0 Å². The summed E-state index contributed by atoms with van der Waals surface area (Å²) in [5, 5.41) is 0. The molecule has 0 radical (unpaired) electrons. The number of rotatable bonds is 1. The highest BCUT2D eigenvalue weighted by Crippen LogP contribution is 2.44. The monoisotopic (exact) mass is 172 g/mol. The molecule has 0 nitrogen and oxygen atoms in total. The van der Waals surface area contributed by atoms with Gasteiger partial charge in [0.1, 0.15) is 0 Å². The highest BCUT2D eigenvalue weighted by Gasteiger charge is 2.34. The van der Waals surface area contributed by atoms with E-state index in [1.165, 1.54) is 12.8 Å². The molecule has 2 aliphatic carbocycles. The molecule has 0 saturated heterocycles. The van der Waals surface area contributed by atoms with Crippen LogP contribution >= 0.6 is 0 Å². The first-order chi connectivity index (χ1) is 6.25. The van der Waals surface area contributed by atoms with Crippen molar-refractivity contribution >= 4 is 0 Å². The molecule has 1 saturated carbocycles. The van der Waals surface area contributed by atoms with Crippen molar-refractivity contribution in [2.24, 2.45) is 17.8 Å². The zero-order valence-electron chi connectivity index (χ0n) is 8.22. The van der Waals surface area contributed by atoms with Crippen LogP contribution in [0.1, 0.15) is 26.2 Å². The predicted octanol–water partition coefficient (Wildman–Crippen LogP) is 3.17. The Kier molecular flexibility index (Phi) is 2.27. The third-order valence-electron chi connectivity index (χ3n) is 3.08. The van der Waals surface area contributed by atoms with E-state index in [1.807, 2.05) is 6.92 Å². The summed E-state index contributed by atoms with van der Waals surface area (Å²) in [7, 11) is 0. The highest BCUT2D eigenvalue weighted by molar-refractivity contribution is 5.24. The van der Waals surface area contributed by atoms with E-state index in [1.54, 1.807) is 0 Å². The van der Waals surface area contributed by atoms with E-state index in [0.29, 0.717) is 0 Å². The van der Waals surface area contributed by atoms with E-state index in [0.717, 1.165) is 29.7 Å². The number of hydrogen-bond acceptors (Lipinski definition) is 0. The lowest BCUT2D eigenvalue weighted by atomic mass is 9.91. The smallest absolute Gasteiger partial charge is 0.0126 e. The second-order valence-corrected chi connectivity index (χ2v) is 4.33. The number of allylic oxidation sites excluding steroid dienone is 3. The Hall–Kier alpha value is -0.960. The Morgan fingerprint density at radius 3 is 2.85 bits per heavy atom. The normalized spacial score (nSPS) is 34.4. The average Bonchev–Trinajstić information content (AvgIpc) is 2.64. The molecule has 0 N–H and O–H groups in total. The Bertz CT molecular complexity index is 298. The summed E-state index contributed by atoms with van der Waals surface area (Å²) < 4.78 is 0. The molecule has 0 aromatic carbocycles. The van der Waals surface area contributed by atoms with E-state index < -0.39 is 0 Å². The lowest BCUT2D eigenvalue weighted by Crippen LogP contribution is -2.05. The van der Waals surface area contributed by atoms with Crippen LogP contribution < -0.4 is 0 Å². The average molecular weight is 172 g/mol. The largest absolute Gasteiger partial charge is 0.0980 e. The number of fused-ring (bicyclic) bond motifs is 2. The molecule has 0 aromatic heterocycles. The fourth-order valence-electron chi connectivity index (χ4n) is 2.46. The van der Waals surface area contributed by atoms with Crippen LogP contribution in [-0.2, 0) is 0 Å². The third kappa shape index (κ3) is 1.86. The molecule has 2 aliphatic rings. The SMILES string of the molecule is C=C(C)C#CC[C@@H]1C[C@H]2C=C[C@H]1C2. The topological polar surface area (TPSA) is 0 Å². The first kappa shape index (κ1) is 8.63. The Labute approximate surface area is 80.7 Å². The summed E-state index contributed by atoms with van der Waals surface area (Å²) in [6, 6.07) is 0. The molecule has 0 unspecified atom stereocenters. The fraction of sp³-hybridized carbons (Fsp3) is 0.538. The quantitative estimate of drug-likeness (QED) is 0.421. The van der Waals surface area contributed by atoms with Gasteiger partial charge in [0.05, 0.1) is 0 Å². The second kappa shape index (κ2) is 3.42. The summed E-state index contributed by atoms with van der Waals surface area (Å²) in [4.78, 5) is 0. The van der Waals surface area contributed by atoms with Gasteiger partial charge in [-0.15, -0.1) is 0 Å². The maximum atomic E-state index is 3.78. The molecule has 2 bridgehead atoms. The van der Waals surface area contributed by atoms with Gasteiger partial charge in [0, 0.05) is 6.42 Å². The van der Waals surface area contributed by atoms with E-state index in [2.05, 4.69) is 30.6 Å². The minimum atomic E-state index is 0.835. The minimum Gasteiger partial charge on any atom is -0.0980 e. The zero-order valence-corrected chi connectivity index (χ0v) is 8.22. The van der Waals surface area contributed by atoms with Gasteiger partial charge in [-0.2, -0.15) is 0 Å². The molecule has 0 heterocycles. The maximum Gasteiger partial charge on any atom is 0.0126 e. The van der Waals surface area contributed by atoms with Crippen LogP contribution in [0.3, 0.4) is 0 Å². The van der Waals surface area contributed by atoms with Crippen LogP contribution in [0.25, 0.3) is 0 Å². The Morgan fingerprint density at radius 1 is 1.46 bits per heavy atom. The molecule has 2 rings (SSSR count). The summed E-state index contributed by atoms with van der Waals surface area (Å²) in [6.07, 6.45) is 8.60. The van der Waals surface area contributed by atoms with Gasteiger partial charge in [-0.3, -0.25) is 0 Å². The molecule has 1 fully saturated rings. The van der Waals surface area contributed by atoms with Gasteiger partial charge in [0.2, 0.25) is 0 Å². The second-order valence-electron chi connectivity index (χ2n) is 4.33. The van der Waals surface area contributed by atoms with Gasteiger partial charge in [-0.1, -0.05) is 30.6 Å². The van der Waals surface area contributed by atoms with Gasteiger partial charge in [0.15, 0.2) is 0 Å². The molecule has 0 spiro atoms. The molecule has 0 aromatic rings. The molecular weight excluding hydrogens is 156 g/mol. The van der Waals surface area contributed by atoms with Crippen LogP contribution in [0.2, 0.25) is 0 Å². The van der Waals surface area contributed by atoms with Gasteiger partial charge < -0.3 is 0 Å². The van der Waals surface area contributed by atoms with Crippen LogP contribution in [-0.4, -0.2) is 0 Å². The van der Waals surface area contributed by atoms with Gasteiger partial charge in [-0.05, 0) is 43.1 Å². The van der Waals surface area contributed by atoms with Crippen LogP contribution in [0.5, 0.6) is 0 Å². The summed E-state index contributed by atoms with van der Waals surface area (Å²) in [5.74, 6) is 8.84. The Morgan fingerprint density at radius 2 is 2.31 bits per heavy atom. The van der Waals surface area contributed by atoms with E-state index in [4.69, 9.17) is 0 Å². The Balaban J connectivity index is 1.88. The van der Waals surface area contributed by atoms with E-state index in [9.17, 15) is 0 Å². The zero-order chi connectivity index (χ0) is 9.26. The maximum absolute atomic E-state index is 3.78.